The Bertz CT molecular complexity index is 758. The molecule has 0 radical (unpaired) electrons. The molecule has 1 fully saturated rings. The summed E-state index contributed by atoms with van der Waals surface area (Å²) in [5, 5.41) is 8.74. The fourth-order valence-electron chi connectivity index (χ4n) is 2.93. The molecule has 1 saturated carbocycles. The molecule has 1 N–H and O–H groups in total. The van der Waals surface area contributed by atoms with Crippen LogP contribution in [0, 0.1) is 0 Å². The maximum Gasteiger partial charge on any atom is 0.227 e. The van der Waals surface area contributed by atoms with E-state index in [-0.39, 0.29) is 0 Å². The van der Waals surface area contributed by atoms with E-state index in [1.54, 1.807) is 0 Å². The van der Waals surface area contributed by atoms with E-state index < -0.39 is 0 Å². The van der Waals surface area contributed by atoms with Crippen molar-refractivity contribution in [2.24, 2.45) is 0 Å². The number of benzene rings is 1. The van der Waals surface area contributed by atoms with Crippen molar-refractivity contribution in [3.05, 3.63) is 42.9 Å². The van der Waals surface area contributed by atoms with Crippen LogP contribution in [0.15, 0.2) is 42.9 Å². The van der Waals surface area contributed by atoms with Gasteiger partial charge in [0.15, 0.2) is 0 Å². The van der Waals surface area contributed by atoms with Gasteiger partial charge in [-0.15, -0.1) is 0 Å². The van der Waals surface area contributed by atoms with Crippen molar-refractivity contribution in [3.8, 4) is 0 Å². The monoisotopic (exact) mass is 279 g/mol. The Morgan fingerprint density at radius 2 is 1.95 bits per heavy atom. The largest absolute Gasteiger partial charge is 0.321 e. The Labute approximate surface area is 123 Å². The Hall–Kier alpha value is -2.43. The van der Waals surface area contributed by atoms with Crippen LogP contribution in [0.2, 0.25) is 0 Å². The highest BCUT2D eigenvalue weighted by molar-refractivity contribution is 5.78. The fourth-order valence-corrected chi connectivity index (χ4v) is 2.93. The van der Waals surface area contributed by atoms with Gasteiger partial charge in [-0.1, -0.05) is 31.0 Å². The van der Waals surface area contributed by atoms with Gasteiger partial charge in [0.05, 0.1) is 23.4 Å². The zero-order valence-electron chi connectivity index (χ0n) is 11.7. The topological polar surface area (TPSA) is 55.6 Å². The number of hydrogen-bond donors (Lipinski definition) is 1. The van der Waals surface area contributed by atoms with E-state index in [0.717, 1.165) is 16.6 Å². The predicted molar refractivity (Wildman–Crippen MR) is 82.6 cm³/mol. The van der Waals surface area contributed by atoms with Crippen molar-refractivity contribution in [1.29, 1.82) is 0 Å². The molecular formula is C16H17N5. The SMILES string of the molecule is c1ccc2nc(Nc3cnn(C4CCCC4)c3)ncc2c1. The van der Waals surface area contributed by atoms with E-state index in [0.29, 0.717) is 12.0 Å². The van der Waals surface area contributed by atoms with Gasteiger partial charge in [0.25, 0.3) is 0 Å². The first-order chi connectivity index (χ1) is 10.4. The molecule has 106 valence electrons. The van der Waals surface area contributed by atoms with E-state index >= 15 is 0 Å². The van der Waals surface area contributed by atoms with E-state index in [1.807, 2.05) is 36.7 Å². The molecule has 5 nitrogen and oxygen atoms in total. The second-order valence-corrected chi connectivity index (χ2v) is 5.52. The van der Waals surface area contributed by atoms with Gasteiger partial charge in [-0.3, -0.25) is 4.68 Å². The van der Waals surface area contributed by atoms with Crippen LogP contribution in [0.25, 0.3) is 10.9 Å². The average molecular weight is 279 g/mol. The first-order valence-electron chi connectivity index (χ1n) is 7.41. The molecule has 0 saturated heterocycles. The molecule has 3 aromatic rings. The van der Waals surface area contributed by atoms with Gasteiger partial charge in [0.2, 0.25) is 5.95 Å². The van der Waals surface area contributed by atoms with Gasteiger partial charge in [0.1, 0.15) is 0 Å². The first-order valence-corrected chi connectivity index (χ1v) is 7.41. The third kappa shape index (κ3) is 2.46. The van der Waals surface area contributed by atoms with Crippen molar-refractivity contribution in [2.75, 3.05) is 5.32 Å². The molecule has 0 spiro atoms. The molecule has 0 atom stereocenters. The summed E-state index contributed by atoms with van der Waals surface area (Å²) in [6, 6.07) is 8.53. The first kappa shape index (κ1) is 12.3. The summed E-state index contributed by atoms with van der Waals surface area (Å²) < 4.78 is 2.07. The number of fused-ring (bicyclic) bond motifs is 1. The number of nitrogens with zero attached hydrogens (tertiary/aromatic N) is 4. The summed E-state index contributed by atoms with van der Waals surface area (Å²) in [5.74, 6) is 0.611. The van der Waals surface area contributed by atoms with Gasteiger partial charge in [-0.05, 0) is 18.9 Å². The molecule has 21 heavy (non-hydrogen) atoms. The lowest BCUT2D eigenvalue weighted by Gasteiger charge is -2.08. The standard InChI is InChI=1S/C16H17N5/c1-4-8-15-12(5-1)9-17-16(20-15)19-13-10-18-21(11-13)14-6-2-3-7-14/h1,4-5,8-11,14H,2-3,6-7H2,(H,17,19,20). The van der Waals surface area contributed by atoms with Gasteiger partial charge >= 0.3 is 0 Å². The van der Waals surface area contributed by atoms with Crippen molar-refractivity contribution >= 4 is 22.5 Å². The minimum Gasteiger partial charge on any atom is -0.321 e. The predicted octanol–water partition coefficient (Wildman–Crippen LogP) is 3.69. The van der Waals surface area contributed by atoms with Gasteiger partial charge in [-0.2, -0.15) is 5.10 Å². The highest BCUT2D eigenvalue weighted by atomic mass is 15.3. The van der Waals surface area contributed by atoms with Crippen LogP contribution in [-0.2, 0) is 0 Å². The highest BCUT2D eigenvalue weighted by Crippen LogP contribution is 2.29. The zero-order chi connectivity index (χ0) is 14.1. The molecule has 1 aliphatic rings. The summed E-state index contributed by atoms with van der Waals surface area (Å²) in [7, 11) is 0. The maximum atomic E-state index is 4.52. The van der Waals surface area contributed by atoms with Crippen LogP contribution in [0.4, 0.5) is 11.6 Å². The van der Waals surface area contributed by atoms with Crippen molar-refractivity contribution in [1.82, 2.24) is 19.7 Å². The Kier molecular flexibility index (Phi) is 3.03. The number of anilines is 2. The van der Waals surface area contributed by atoms with Gasteiger partial charge in [0, 0.05) is 17.8 Å². The van der Waals surface area contributed by atoms with Crippen molar-refractivity contribution in [2.45, 2.75) is 31.7 Å². The number of hydrogen-bond acceptors (Lipinski definition) is 4. The van der Waals surface area contributed by atoms with Crippen molar-refractivity contribution in [3.63, 3.8) is 0 Å². The quantitative estimate of drug-likeness (QED) is 0.794. The average Bonchev–Trinajstić information content (AvgIpc) is 3.18. The van der Waals surface area contributed by atoms with Crippen LogP contribution in [0.3, 0.4) is 0 Å². The minimum atomic E-state index is 0.554. The summed E-state index contributed by atoms with van der Waals surface area (Å²) in [4.78, 5) is 8.87. The third-order valence-electron chi connectivity index (χ3n) is 4.05. The second-order valence-electron chi connectivity index (χ2n) is 5.52. The molecular weight excluding hydrogens is 262 g/mol. The molecule has 5 heteroatoms. The molecule has 2 aromatic heterocycles. The number of nitrogens with one attached hydrogen (secondary N) is 1. The minimum absolute atomic E-state index is 0.554. The van der Waals surface area contributed by atoms with E-state index in [1.165, 1.54) is 25.7 Å². The van der Waals surface area contributed by atoms with Crippen LogP contribution in [-0.4, -0.2) is 19.7 Å². The molecule has 0 amide bonds. The smallest absolute Gasteiger partial charge is 0.227 e. The van der Waals surface area contributed by atoms with E-state index in [4.69, 9.17) is 0 Å². The lowest BCUT2D eigenvalue weighted by atomic mass is 10.2. The fraction of sp³-hybridized carbons (Fsp3) is 0.312. The van der Waals surface area contributed by atoms with Crippen LogP contribution in [0.5, 0.6) is 0 Å². The van der Waals surface area contributed by atoms with Crippen LogP contribution in [0.1, 0.15) is 31.7 Å². The normalized spacial score (nSPS) is 15.6. The molecule has 1 aromatic carbocycles. The van der Waals surface area contributed by atoms with Gasteiger partial charge in [-0.25, -0.2) is 9.97 Å². The summed E-state index contributed by atoms with van der Waals surface area (Å²) in [6.45, 7) is 0. The van der Waals surface area contributed by atoms with Crippen LogP contribution < -0.4 is 5.32 Å². The third-order valence-corrected chi connectivity index (χ3v) is 4.05. The van der Waals surface area contributed by atoms with E-state index in [9.17, 15) is 0 Å². The summed E-state index contributed by atoms with van der Waals surface area (Å²) in [6.07, 6.45) is 10.8. The summed E-state index contributed by atoms with van der Waals surface area (Å²) >= 11 is 0. The van der Waals surface area contributed by atoms with Gasteiger partial charge < -0.3 is 5.32 Å². The highest BCUT2D eigenvalue weighted by Gasteiger charge is 2.17. The molecule has 0 unspecified atom stereocenters. The molecule has 1 aliphatic carbocycles. The number of aromatic nitrogens is 4. The Morgan fingerprint density at radius 1 is 1.10 bits per heavy atom. The van der Waals surface area contributed by atoms with Crippen molar-refractivity contribution < 1.29 is 0 Å². The second kappa shape index (κ2) is 5.16. The number of para-hydroxylation sites is 1. The number of rotatable bonds is 3. The van der Waals surface area contributed by atoms with E-state index in [2.05, 4.69) is 31.3 Å². The molecule has 4 rings (SSSR count). The lowest BCUT2D eigenvalue weighted by molar-refractivity contribution is 0.467. The summed E-state index contributed by atoms with van der Waals surface area (Å²) in [5.41, 5.74) is 1.88. The lowest BCUT2D eigenvalue weighted by Crippen LogP contribution is -2.04. The molecule has 0 aliphatic heterocycles. The van der Waals surface area contributed by atoms with Crippen LogP contribution >= 0.6 is 0 Å². The molecule has 0 bridgehead atoms. The maximum absolute atomic E-state index is 4.52. The Balaban J connectivity index is 1.56. The molecule has 2 heterocycles. The Morgan fingerprint density at radius 3 is 2.86 bits per heavy atom. The zero-order valence-corrected chi connectivity index (χ0v) is 11.7.